The van der Waals surface area contributed by atoms with Gasteiger partial charge >= 0.3 is 11.9 Å². The lowest BCUT2D eigenvalue weighted by Crippen LogP contribution is -2.39. The molecule has 0 spiro atoms. The minimum absolute atomic E-state index is 0.373. The van der Waals surface area contributed by atoms with E-state index in [1.54, 1.807) is 6.92 Å². The molecular formula is C31H52O5. The van der Waals surface area contributed by atoms with Crippen LogP contribution in [0.5, 0.6) is 0 Å². The number of hydrogen-bond donors (Lipinski definition) is 0. The average molecular weight is 505 g/mol. The zero-order valence-electron chi connectivity index (χ0n) is 23.4. The van der Waals surface area contributed by atoms with Gasteiger partial charge < -0.3 is 14.2 Å². The van der Waals surface area contributed by atoms with Gasteiger partial charge in [0.05, 0.1) is 19.8 Å². The number of ether oxygens (including phenoxy) is 3. The number of hydrogen-bond acceptors (Lipinski definition) is 5. The standard InChI is InChI=1S/C31H52O5/c1-4-6-8-10-12-20-26-36-30(33)31(3,29(32)35-25-19-9-7-5-2)23-17-11-13-18-24-34-27-28-21-15-14-16-22-28/h14-16,21-22H,4-13,17-20,23-27H2,1-3H3. The molecule has 1 aromatic carbocycles. The van der Waals surface area contributed by atoms with Crippen LogP contribution in [0.3, 0.4) is 0 Å². The van der Waals surface area contributed by atoms with Crippen LogP contribution in [0.25, 0.3) is 0 Å². The Labute approximate surface area is 220 Å². The van der Waals surface area contributed by atoms with Gasteiger partial charge in [-0.1, -0.05) is 115 Å². The van der Waals surface area contributed by atoms with Crippen LogP contribution in [-0.4, -0.2) is 31.8 Å². The van der Waals surface area contributed by atoms with Crippen LogP contribution < -0.4 is 0 Å². The highest BCUT2D eigenvalue weighted by molar-refractivity contribution is 5.99. The van der Waals surface area contributed by atoms with Gasteiger partial charge in [0, 0.05) is 6.61 Å². The normalized spacial score (nSPS) is 12.8. The van der Waals surface area contributed by atoms with Crippen molar-refractivity contribution in [1.82, 2.24) is 0 Å². The smallest absolute Gasteiger partial charge is 0.323 e. The maximum atomic E-state index is 13.0. The van der Waals surface area contributed by atoms with Gasteiger partial charge in [0.2, 0.25) is 0 Å². The molecule has 36 heavy (non-hydrogen) atoms. The first kappa shape index (κ1) is 32.1. The first-order valence-corrected chi connectivity index (χ1v) is 14.5. The van der Waals surface area contributed by atoms with E-state index in [4.69, 9.17) is 14.2 Å². The van der Waals surface area contributed by atoms with Gasteiger partial charge in [0.25, 0.3) is 0 Å². The predicted octanol–water partition coefficient (Wildman–Crippen LogP) is 8.19. The number of carbonyl (C=O) groups excluding carboxylic acids is 2. The predicted molar refractivity (Wildman–Crippen MR) is 147 cm³/mol. The Kier molecular flexibility index (Phi) is 19.0. The second-order valence-corrected chi connectivity index (χ2v) is 10.1. The molecule has 0 aliphatic heterocycles. The molecule has 0 N–H and O–H groups in total. The lowest BCUT2D eigenvalue weighted by atomic mass is 9.84. The van der Waals surface area contributed by atoms with Crippen molar-refractivity contribution >= 4 is 11.9 Å². The molecule has 5 heteroatoms. The molecule has 0 amide bonds. The number of unbranched alkanes of at least 4 members (excludes halogenated alkanes) is 11. The van der Waals surface area contributed by atoms with Crippen LogP contribution in [0, 0.1) is 5.41 Å². The summed E-state index contributed by atoms with van der Waals surface area (Å²) in [6.07, 6.45) is 15.1. The number of rotatable bonds is 23. The van der Waals surface area contributed by atoms with Crippen molar-refractivity contribution in [1.29, 1.82) is 0 Å². The minimum atomic E-state index is -1.23. The highest BCUT2D eigenvalue weighted by atomic mass is 16.6. The fourth-order valence-corrected chi connectivity index (χ4v) is 4.15. The largest absolute Gasteiger partial charge is 0.465 e. The summed E-state index contributed by atoms with van der Waals surface area (Å²) in [5.74, 6) is -0.862. The van der Waals surface area contributed by atoms with Crippen LogP contribution in [0.2, 0.25) is 0 Å². The van der Waals surface area contributed by atoms with Crippen LogP contribution in [0.4, 0.5) is 0 Å². The quantitative estimate of drug-likeness (QED) is 0.0854. The Hall–Kier alpha value is -1.88. The summed E-state index contributed by atoms with van der Waals surface area (Å²) in [5.41, 5.74) is -0.0440. The monoisotopic (exact) mass is 504 g/mol. The van der Waals surface area contributed by atoms with E-state index in [9.17, 15) is 9.59 Å². The molecule has 1 unspecified atom stereocenters. The van der Waals surface area contributed by atoms with Crippen molar-refractivity contribution in [2.24, 2.45) is 5.41 Å². The van der Waals surface area contributed by atoms with Crippen molar-refractivity contribution in [3.8, 4) is 0 Å². The molecule has 0 heterocycles. The SMILES string of the molecule is CCCCCCCCOC(=O)C(C)(CCCCCCOCc1ccccc1)C(=O)OCCCCCC. The van der Waals surface area contributed by atoms with Gasteiger partial charge in [-0.25, -0.2) is 0 Å². The highest BCUT2D eigenvalue weighted by Crippen LogP contribution is 2.29. The van der Waals surface area contributed by atoms with Crippen molar-refractivity contribution in [3.63, 3.8) is 0 Å². The number of benzene rings is 1. The third kappa shape index (κ3) is 14.6. The Morgan fingerprint density at radius 3 is 1.69 bits per heavy atom. The molecule has 0 fully saturated rings. The summed E-state index contributed by atoms with van der Waals surface area (Å²) in [6, 6.07) is 10.2. The molecule has 5 nitrogen and oxygen atoms in total. The maximum absolute atomic E-state index is 13.0. The highest BCUT2D eigenvalue weighted by Gasteiger charge is 2.43. The zero-order chi connectivity index (χ0) is 26.3. The van der Waals surface area contributed by atoms with E-state index in [-0.39, 0.29) is 0 Å². The van der Waals surface area contributed by atoms with E-state index in [1.807, 2.05) is 18.2 Å². The first-order valence-electron chi connectivity index (χ1n) is 14.5. The van der Waals surface area contributed by atoms with Crippen molar-refractivity contribution in [3.05, 3.63) is 35.9 Å². The Morgan fingerprint density at radius 2 is 1.11 bits per heavy atom. The van der Waals surface area contributed by atoms with Crippen molar-refractivity contribution < 1.29 is 23.8 Å². The molecule has 1 atom stereocenters. The summed E-state index contributed by atoms with van der Waals surface area (Å²) < 4.78 is 16.9. The third-order valence-corrected chi connectivity index (χ3v) is 6.69. The van der Waals surface area contributed by atoms with Gasteiger partial charge in [-0.3, -0.25) is 9.59 Å². The van der Waals surface area contributed by atoms with Gasteiger partial charge in [-0.05, 0) is 38.2 Å². The molecule has 1 rings (SSSR count). The average Bonchev–Trinajstić information content (AvgIpc) is 2.89. The zero-order valence-corrected chi connectivity index (χ0v) is 23.4. The molecule has 0 aromatic heterocycles. The summed E-state index contributed by atoms with van der Waals surface area (Å²) in [4.78, 5) is 25.9. The summed E-state index contributed by atoms with van der Waals surface area (Å²) in [7, 11) is 0. The van der Waals surface area contributed by atoms with Gasteiger partial charge in [0.1, 0.15) is 0 Å². The van der Waals surface area contributed by atoms with Crippen molar-refractivity contribution in [2.45, 2.75) is 124 Å². The fourth-order valence-electron chi connectivity index (χ4n) is 4.15. The minimum Gasteiger partial charge on any atom is -0.465 e. The molecule has 0 radical (unpaired) electrons. The molecule has 1 aromatic rings. The van der Waals surface area contributed by atoms with E-state index in [0.29, 0.717) is 32.8 Å². The van der Waals surface area contributed by atoms with Crippen LogP contribution >= 0.6 is 0 Å². The summed E-state index contributed by atoms with van der Waals surface area (Å²) >= 11 is 0. The second kappa shape index (κ2) is 21.2. The van der Waals surface area contributed by atoms with Crippen LogP contribution in [0.1, 0.15) is 123 Å². The van der Waals surface area contributed by atoms with E-state index in [1.165, 1.54) is 24.8 Å². The molecule has 0 aliphatic carbocycles. The lowest BCUT2D eigenvalue weighted by Gasteiger charge is -2.25. The molecule has 0 saturated heterocycles. The molecular weight excluding hydrogens is 452 g/mol. The lowest BCUT2D eigenvalue weighted by molar-refractivity contribution is -0.172. The molecule has 0 bridgehead atoms. The number of esters is 2. The van der Waals surface area contributed by atoms with Gasteiger partial charge in [0.15, 0.2) is 5.41 Å². The van der Waals surface area contributed by atoms with Gasteiger partial charge in [-0.2, -0.15) is 0 Å². The van der Waals surface area contributed by atoms with E-state index >= 15 is 0 Å². The van der Waals surface area contributed by atoms with Crippen LogP contribution in [-0.2, 0) is 30.4 Å². The third-order valence-electron chi connectivity index (χ3n) is 6.69. The summed E-state index contributed by atoms with van der Waals surface area (Å²) in [5, 5.41) is 0. The molecule has 206 valence electrons. The second-order valence-electron chi connectivity index (χ2n) is 10.1. The summed E-state index contributed by atoms with van der Waals surface area (Å²) in [6.45, 7) is 8.15. The van der Waals surface area contributed by atoms with Crippen molar-refractivity contribution in [2.75, 3.05) is 19.8 Å². The Balaban J connectivity index is 2.39. The fraction of sp³-hybridized carbons (Fsp3) is 0.742. The topological polar surface area (TPSA) is 61.8 Å². The molecule has 0 aliphatic rings. The van der Waals surface area contributed by atoms with Gasteiger partial charge in [-0.15, -0.1) is 0 Å². The van der Waals surface area contributed by atoms with E-state index in [2.05, 4.69) is 26.0 Å². The number of carbonyl (C=O) groups is 2. The van der Waals surface area contributed by atoms with Crippen LogP contribution in [0.15, 0.2) is 30.3 Å². The van der Waals surface area contributed by atoms with E-state index in [0.717, 1.165) is 70.6 Å². The van der Waals surface area contributed by atoms with E-state index < -0.39 is 17.4 Å². The Morgan fingerprint density at radius 1 is 0.639 bits per heavy atom. The molecule has 0 saturated carbocycles. The first-order chi connectivity index (χ1) is 17.5. The maximum Gasteiger partial charge on any atom is 0.323 e. The Bertz CT molecular complexity index is 675.